The number of fused-ring (bicyclic) bond motifs is 1. The summed E-state index contributed by atoms with van der Waals surface area (Å²) in [4.78, 5) is 10.4. The van der Waals surface area contributed by atoms with Crippen LogP contribution in [0, 0.1) is 0 Å². The number of hydrogen-bond donors (Lipinski definition) is 1. The van der Waals surface area contributed by atoms with Crippen LogP contribution in [-0.4, -0.2) is 15.5 Å². The van der Waals surface area contributed by atoms with Gasteiger partial charge in [-0.05, 0) is 43.5 Å². The van der Waals surface area contributed by atoms with Crippen LogP contribution in [0.15, 0.2) is 36.5 Å². The minimum atomic E-state index is -0.697. The largest absolute Gasteiger partial charge is 0.481 e. The lowest BCUT2D eigenvalue weighted by Gasteiger charge is -2.05. The molecule has 0 bridgehead atoms. The van der Waals surface area contributed by atoms with Crippen LogP contribution in [0.1, 0.15) is 31.4 Å². The highest BCUT2D eigenvalue weighted by atomic mass is 16.4. The number of aryl methyl sites for hydroxylation is 1. The zero-order valence-corrected chi connectivity index (χ0v) is 9.80. The Balaban J connectivity index is 1.86. The molecule has 0 aliphatic carbocycles. The highest BCUT2D eigenvalue weighted by Gasteiger charge is 2.00. The van der Waals surface area contributed by atoms with Crippen LogP contribution in [0.3, 0.4) is 0 Å². The number of hydrogen-bond acceptors (Lipinski definition) is 1. The number of carboxylic acids is 1. The molecule has 0 saturated carbocycles. The number of rotatable bonds is 6. The highest BCUT2D eigenvalue weighted by Crippen LogP contribution is 2.12. The van der Waals surface area contributed by atoms with Crippen LogP contribution in [0.4, 0.5) is 0 Å². The van der Waals surface area contributed by atoms with Crippen molar-refractivity contribution in [1.29, 1.82) is 0 Å². The monoisotopic (exact) mass is 231 g/mol. The molecule has 2 aromatic heterocycles. The van der Waals surface area contributed by atoms with Crippen molar-refractivity contribution >= 4 is 11.5 Å². The molecule has 0 spiro atoms. The van der Waals surface area contributed by atoms with Gasteiger partial charge in [-0.15, -0.1) is 0 Å². The molecule has 0 amide bonds. The number of carbonyl (C=O) groups is 1. The van der Waals surface area contributed by atoms with Crippen molar-refractivity contribution in [1.82, 2.24) is 4.40 Å². The molecule has 2 rings (SSSR count). The van der Waals surface area contributed by atoms with Gasteiger partial charge >= 0.3 is 5.97 Å². The minimum absolute atomic E-state index is 0.285. The first kappa shape index (κ1) is 11.7. The van der Waals surface area contributed by atoms with E-state index < -0.39 is 5.97 Å². The molecule has 17 heavy (non-hydrogen) atoms. The summed E-state index contributed by atoms with van der Waals surface area (Å²) in [6, 6.07) is 10.4. The van der Waals surface area contributed by atoms with Gasteiger partial charge in [0.15, 0.2) is 0 Å². The Bertz CT molecular complexity index is 502. The molecule has 0 unspecified atom stereocenters. The maximum absolute atomic E-state index is 10.4. The first-order valence-electron chi connectivity index (χ1n) is 6.04. The smallest absolute Gasteiger partial charge is 0.303 e. The molecule has 3 heteroatoms. The highest BCUT2D eigenvalue weighted by molar-refractivity contribution is 5.66. The van der Waals surface area contributed by atoms with Crippen molar-refractivity contribution in [2.45, 2.75) is 32.1 Å². The van der Waals surface area contributed by atoms with Gasteiger partial charge in [0.05, 0.1) is 0 Å². The van der Waals surface area contributed by atoms with Gasteiger partial charge < -0.3 is 9.51 Å². The lowest BCUT2D eigenvalue weighted by Crippen LogP contribution is -1.97. The third-order valence-corrected chi connectivity index (χ3v) is 2.97. The number of carboxylic acid groups (broad SMARTS) is 1. The fourth-order valence-corrected chi connectivity index (χ4v) is 2.09. The zero-order valence-electron chi connectivity index (χ0n) is 9.80. The lowest BCUT2D eigenvalue weighted by molar-refractivity contribution is -0.137. The molecule has 90 valence electrons. The van der Waals surface area contributed by atoms with Crippen LogP contribution in [0.5, 0.6) is 0 Å². The van der Waals surface area contributed by atoms with Gasteiger partial charge in [0.25, 0.3) is 0 Å². The molecule has 0 atom stereocenters. The minimum Gasteiger partial charge on any atom is -0.481 e. The molecular formula is C14H17NO2. The lowest BCUT2D eigenvalue weighted by atomic mass is 10.1. The van der Waals surface area contributed by atoms with E-state index in [2.05, 4.69) is 34.9 Å². The first-order valence-corrected chi connectivity index (χ1v) is 6.04. The van der Waals surface area contributed by atoms with Crippen molar-refractivity contribution in [3.05, 3.63) is 42.2 Å². The number of aliphatic carboxylic acids is 1. The Hall–Kier alpha value is -1.77. The van der Waals surface area contributed by atoms with Gasteiger partial charge in [0, 0.05) is 23.8 Å². The molecule has 2 aromatic rings. The number of unbranched alkanes of at least 4 members (excludes halogenated alkanes) is 2. The quantitative estimate of drug-likeness (QED) is 0.776. The van der Waals surface area contributed by atoms with Gasteiger partial charge in [-0.2, -0.15) is 0 Å². The molecule has 1 N–H and O–H groups in total. The van der Waals surface area contributed by atoms with E-state index in [-0.39, 0.29) is 6.42 Å². The Morgan fingerprint density at radius 2 is 1.94 bits per heavy atom. The van der Waals surface area contributed by atoms with Gasteiger partial charge in [-0.25, -0.2) is 0 Å². The fourth-order valence-electron chi connectivity index (χ4n) is 2.09. The zero-order chi connectivity index (χ0) is 12.1. The molecule has 0 aliphatic heterocycles. The Morgan fingerprint density at radius 3 is 2.76 bits per heavy atom. The van der Waals surface area contributed by atoms with E-state index in [0.29, 0.717) is 0 Å². The summed E-state index contributed by atoms with van der Waals surface area (Å²) >= 11 is 0. The maximum atomic E-state index is 10.4. The molecule has 0 aliphatic rings. The van der Waals surface area contributed by atoms with Gasteiger partial charge in [-0.3, -0.25) is 4.79 Å². The molecule has 3 nitrogen and oxygen atoms in total. The van der Waals surface area contributed by atoms with Crippen LogP contribution >= 0.6 is 0 Å². The summed E-state index contributed by atoms with van der Waals surface area (Å²) in [5.41, 5.74) is 2.51. The van der Waals surface area contributed by atoms with Crippen molar-refractivity contribution in [3.63, 3.8) is 0 Å². The van der Waals surface area contributed by atoms with Crippen molar-refractivity contribution < 1.29 is 9.90 Å². The predicted molar refractivity (Wildman–Crippen MR) is 67.2 cm³/mol. The SMILES string of the molecule is O=C(O)CCCCCc1cccc2cccn12. The summed E-state index contributed by atoms with van der Waals surface area (Å²) in [6.45, 7) is 0. The molecular weight excluding hydrogens is 214 g/mol. The van der Waals surface area contributed by atoms with Gasteiger partial charge in [0.1, 0.15) is 0 Å². The van der Waals surface area contributed by atoms with Crippen molar-refractivity contribution in [2.75, 3.05) is 0 Å². The summed E-state index contributed by atoms with van der Waals surface area (Å²) in [5.74, 6) is -0.697. The first-order chi connectivity index (χ1) is 8.27. The predicted octanol–water partition coefficient (Wildman–Crippen LogP) is 3.13. The van der Waals surface area contributed by atoms with E-state index in [0.717, 1.165) is 25.7 Å². The summed E-state index contributed by atoms with van der Waals surface area (Å²) in [7, 11) is 0. The molecule has 0 fully saturated rings. The molecule has 0 radical (unpaired) electrons. The topological polar surface area (TPSA) is 41.7 Å². The Morgan fingerprint density at radius 1 is 1.12 bits per heavy atom. The number of pyridine rings is 1. The summed E-state index contributed by atoms with van der Waals surface area (Å²) < 4.78 is 2.19. The third-order valence-electron chi connectivity index (χ3n) is 2.97. The second kappa shape index (κ2) is 5.53. The number of nitrogens with zero attached hydrogens (tertiary/aromatic N) is 1. The van der Waals surface area contributed by atoms with E-state index >= 15 is 0 Å². The Labute approximate surface area is 101 Å². The average molecular weight is 231 g/mol. The maximum Gasteiger partial charge on any atom is 0.303 e. The van der Waals surface area contributed by atoms with Crippen molar-refractivity contribution in [3.8, 4) is 0 Å². The number of aromatic nitrogens is 1. The van der Waals surface area contributed by atoms with Crippen LogP contribution in [0.25, 0.3) is 5.52 Å². The second-order valence-corrected chi connectivity index (χ2v) is 4.27. The second-order valence-electron chi connectivity index (χ2n) is 4.27. The van der Waals surface area contributed by atoms with E-state index in [4.69, 9.17) is 5.11 Å². The Kier molecular flexibility index (Phi) is 3.81. The van der Waals surface area contributed by atoms with Crippen LogP contribution in [0.2, 0.25) is 0 Å². The van der Waals surface area contributed by atoms with Gasteiger partial charge in [-0.1, -0.05) is 12.5 Å². The summed E-state index contributed by atoms with van der Waals surface area (Å²) in [5, 5.41) is 8.54. The molecule has 2 heterocycles. The average Bonchev–Trinajstić information content (AvgIpc) is 2.77. The summed E-state index contributed by atoms with van der Waals surface area (Å²) in [6.07, 6.45) is 6.16. The van der Waals surface area contributed by atoms with Crippen LogP contribution < -0.4 is 0 Å². The van der Waals surface area contributed by atoms with E-state index in [1.807, 2.05) is 6.07 Å². The van der Waals surface area contributed by atoms with Gasteiger partial charge in [0.2, 0.25) is 0 Å². The standard InChI is InChI=1S/C14H17NO2/c16-14(17)10-3-1-2-6-12-7-4-8-13-9-5-11-15(12)13/h4-5,7-9,11H,1-3,6,10H2,(H,16,17). The van der Waals surface area contributed by atoms with E-state index in [1.165, 1.54) is 11.2 Å². The van der Waals surface area contributed by atoms with Crippen LogP contribution in [-0.2, 0) is 11.2 Å². The normalized spacial score (nSPS) is 10.8. The van der Waals surface area contributed by atoms with Crippen molar-refractivity contribution in [2.24, 2.45) is 0 Å². The van der Waals surface area contributed by atoms with E-state index in [1.54, 1.807) is 0 Å². The fraction of sp³-hybridized carbons (Fsp3) is 0.357. The van der Waals surface area contributed by atoms with E-state index in [9.17, 15) is 4.79 Å². The molecule has 0 saturated heterocycles. The third kappa shape index (κ3) is 3.09. The molecule has 0 aromatic carbocycles.